The highest BCUT2D eigenvalue weighted by molar-refractivity contribution is 7.09. The van der Waals surface area contributed by atoms with Gasteiger partial charge in [-0.25, -0.2) is 4.98 Å². The average molecular weight is 197 g/mol. The van der Waals surface area contributed by atoms with Crippen LogP contribution < -0.4 is 5.73 Å². The predicted molar refractivity (Wildman–Crippen MR) is 57.3 cm³/mol. The number of amidine groups is 1. The second kappa shape index (κ2) is 4.97. The van der Waals surface area contributed by atoms with Gasteiger partial charge in [-0.2, -0.15) is 0 Å². The van der Waals surface area contributed by atoms with Crippen molar-refractivity contribution in [1.29, 1.82) is 0 Å². The van der Waals surface area contributed by atoms with Crippen LogP contribution in [-0.4, -0.2) is 17.4 Å². The third-order valence-electron chi connectivity index (χ3n) is 1.71. The first-order valence-corrected chi connectivity index (χ1v) is 5.30. The Hall–Kier alpha value is -0.900. The maximum atomic E-state index is 5.57. The van der Waals surface area contributed by atoms with Crippen LogP contribution >= 0.6 is 11.3 Å². The van der Waals surface area contributed by atoms with E-state index in [1.54, 1.807) is 11.3 Å². The summed E-state index contributed by atoms with van der Waals surface area (Å²) >= 11 is 1.68. The van der Waals surface area contributed by atoms with E-state index in [0.29, 0.717) is 0 Å². The molecule has 0 spiro atoms. The molecule has 0 radical (unpaired) electrons. The minimum atomic E-state index is 0.729. The van der Waals surface area contributed by atoms with Gasteiger partial charge in [0.15, 0.2) is 0 Å². The molecule has 2 N–H and O–H groups in total. The van der Waals surface area contributed by atoms with E-state index >= 15 is 0 Å². The average Bonchev–Trinajstić information content (AvgIpc) is 2.51. The van der Waals surface area contributed by atoms with E-state index in [1.165, 1.54) is 0 Å². The molecule has 0 aliphatic carbocycles. The predicted octanol–water partition coefficient (Wildman–Crippen LogP) is 1.76. The third kappa shape index (κ3) is 3.55. The molecule has 0 aliphatic heterocycles. The number of hydrogen-bond acceptors (Lipinski definition) is 3. The summed E-state index contributed by atoms with van der Waals surface area (Å²) in [5.74, 6) is 0.729. The van der Waals surface area contributed by atoms with Crippen molar-refractivity contribution >= 4 is 17.2 Å². The van der Waals surface area contributed by atoms with Crippen LogP contribution in [0.1, 0.15) is 24.0 Å². The number of aliphatic imine (C=N–C) groups is 1. The molecule has 0 aliphatic rings. The summed E-state index contributed by atoms with van der Waals surface area (Å²) in [6, 6.07) is 0. The molecule has 1 aromatic heterocycles. The first-order valence-electron chi connectivity index (χ1n) is 4.42. The second-order valence-corrected chi connectivity index (χ2v) is 3.90. The molecule has 1 aromatic rings. The van der Waals surface area contributed by atoms with Gasteiger partial charge in [0.1, 0.15) is 0 Å². The highest BCUT2D eigenvalue weighted by Crippen LogP contribution is 2.08. The van der Waals surface area contributed by atoms with Crippen LogP contribution in [0.4, 0.5) is 0 Å². The zero-order valence-electron chi connectivity index (χ0n) is 8.08. The Morgan fingerprint density at radius 1 is 1.69 bits per heavy atom. The molecule has 0 aromatic carbocycles. The molecular weight excluding hydrogens is 182 g/mol. The van der Waals surface area contributed by atoms with E-state index in [1.807, 2.05) is 13.8 Å². The Bertz CT molecular complexity index is 291. The monoisotopic (exact) mass is 197 g/mol. The van der Waals surface area contributed by atoms with Crippen LogP contribution in [0.3, 0.4) is 0 Å². The van der Waals surface area contributed by atoms with Gasteiger partial charge in [-0.3, -0.25) is 4.99 Å². The van der Waals surface area contributed by atoms with Crippen LogP contribution in [0.15, 0.2) is 10.4 Å². The first kappa shape index (κ1) is 10.2. The number of hydrogen-bond donors (Lipinski definition) is 1. The third-order valence-corrected chi connectivity index (χ3v) is 2.53. The summed E-state index contributed by atoms with van der Waals surface area (Å²) in [4.78, 5) is 8.55. The Labute approximate surface area is 82.7 Å². The minimum absolute atomic E-state index is 0.729. The van der Waals surface area contributed by atoms with Gasteiger partial charge in [-0.1, -0.05) is 6.92 Å². The van der Waals surface area contributed by atoms with E-state index in [-0.39, 0.29) is 0 Å². The van der Waals surface area contributed by atoms with Crippen molar-refractivity contribution in [2.24, 2.45) is 10.7 Å². The van der Waals surface area contributed by atoms with Gasteiger partial charge >= 0.3 is 0 Å². The Kier molecular flexibility index (Phi) is 3.89. The molecule has 0 unspecified atom stereocenters. The van der Waals surface area contributed by atoms with Crippen LogP contribution in [0.5, 0.6) is 0 Å². The van der Waals surface area contributed by atoms with Crippen LogP contribution in [0.2, 0.25) is 0 Å². The second-order valence-electron chi connectivity index (χ2n) is 2.83. The van der Waals surface area contributed by atoms with Crippen LogP contribution in [0, 0.1) is 6.92 Å². The normalized spacial score (nSPS) is 12.0. The lowest BCUT2D eigenvalue weighted by molar-refractivity contribution is 0.921. The summed E-state index contributed by atoms with van der Waals surface area (Å²) in [5, 5.41) is 3.19. The summed E-state index contributed by atoms with van der Waals surface area (Å²) in [6.45, 7) is 4.77. The fraction of sp³-hybridized carbons (Fsp3) is 0.556. The molecule has 13 heavy (non-hydrogen) atoms. The molecule has 72 valence electrons. The number of nitrogens with two attached hydrogens (primary N) is 1. The van der Waals surface area contributed by atoms with Crippen molar-refractivity contribution in [3.8, 4) is 0 Å². The number of aryl methyl sites for hydroxylation is 1. The summed E-state index contributed by atoms with van der Waals surface area (Å²) < 4.78 is 0. The van der Waals surface area contributed by atoms with Crippen LogP contribution in [-0.2, 0) is 6.42 Å². The minimum Gasteiger partial charge on any atom is -0.387 e. The quantitative estimate of drug-likeness (QED) is 0.590. The molecule has 0 bridgehead atoms. The largest absolute Gasteiger partial charge is 0.387 e. The molecule has 0 fully saturated rings. The Balaban J connectivity index is 2.35. The van der Waals surface area contributed by atoms with Crippen molar-refractivity contribution in [1.82, 2.24) is 4.98 Å². The molecule has 1 heterocycles. The maximum Gasteiger partial charge on any atom is 0.0934 e. The topological polar surface area (TPSA) is 51.3 Å². The van der Waals surface area contributed by atoms with Gasteiger partial charge in [0.05, 0.1) is 16.5 Å². The summed E-state index contributed by atoms with van der Waals surface area (Å²) in [6.07, 6.45) is 1.72. The van der Waals surface area contributed by atoms with Crippen LogP contribution in [0.25, 0.3) is 0 Å². The lowest BCUT2D eigenvalue weighted by atomic mass is 10.3. The highest BCUT2D eigenvalue weighted by Gasteiger charge is 1.96. The highest BCUT2D eigenvalue weighted by atomic mass is 32.1. The van der Waals surface area contributed by atoms with E-state index in [4.69, 9.17) is 5.73 Å². The van der Waals surface area contributed by atoms with Crippen molar-refractivity contribution in [2.75, 3.05) is 6.54 Å². The molecule has 3 nitrogen and oxygen atoms in total. The lowest BCUT2D eigenvalue weighted by Gasteiger charge is -1.94. The molecule has 0 amide bonds. The first-order chi connectivity index (χ1) is 6.22. The van der Waals surface area contributed by atoms with Crippen molar-refractivity contribution in [2.45, 2.75) is 26.7 Å². The van der Waals surface area contributed by atoms with Gasteiger partial charge in [0.25, 0.3) is 0 Å². The lowest BCUT2D eigenvalue weighted by Crippen LogP contribution is -2.10. The van der Waals surface area contributed by atoms with E-state index < -0.39 is 0 Å². The zero-order chi connectivity index (χ0) is 9.68. The van der Waals surface area contributed by atoms with Gasteiger partial charge in [-0.15, -0.1) is 11.3 Å². The number of rotatable bonds is 4. The fourth-order valence-electron chi connectivity index (χ4n) is 0.949. The summed E-state index contributed by atoms with van der Waals surface area (Å²) in [7, 11) is 0. The van der Waals surface area contributed by atoms with Crippen molar-refractivity contribution in [3.05, 3.63) is 16.1 Å². The molecule has 0 saturated carbocycles. The number of aromatic nitrogens is 1. The van der Waals surface area contributed by atoms with E-state index in [0.717, 1.165) is 35.9 Å². The van der Waals surface area contributed by atoms with Gasteiger partial charge in [0.2, 0.25) is 0 Å². The molecule has 1 rings (SSSR count). The molecular formula is C9H15N3S. The zero-order valence-corrected chi connectivity index (χ0v) is 8.90. The van der Waals surface area contributed by atoms with Crippen molar-refractivity contribution in [3.63, 3.8) is 0 Å². The molecule has 4 heteroatoms. The Morgan fingerprint density at radius 2 is 2.46 bits per heavy atom. The van der Waals surface area contributed by atoms with Crippen molar-refractivity contribution < 1.29 is 0 Å². The smallest absolute Gasteiger partial charge is 0.0934 e. The molecule has 0 atom stereocenters. The van der Waals surface area contributed by atoms with Gasteiger partial charge in [0, 0.05) is 24.8 Å². The van der Waals surface area contributed by atoms with Gasteiger partial charge in [-0.05, 0) is 6.92 Å². The SMILES string of the molecule is CCC(N)=NCCc1csc(C)n1. The summed E-state index contributed by atoms with van der Waals surface area (Å²) in [5.41, 5.74) is 6.70. The van der Waals surface area contributed by atoms with Gasteiger partial charge < -0.3 is 5.73 Å². The fourth-order valence-corrected chi connectivity index (χ4v) is 1.60. The van der Waals surface area contributed by atoms with E-state index in [9.17, 15) is 0 Å². The Morgan fingerprint density at radius 3 is 3.00 bits per heavy atom. The number of nitrogens with zero attached hydrogens (tertiary/aromatic N) is 2. The standard InChI is InChI=1S/C9H15N3S/c1-3-9(10)11-5-4-8-6-13-7(2)12-8/h6H,3-5H2,1-2H3,(H2,10,11). The maximum absolute atomic E-state index is 5.57. The van der Waals surface area contributed by atoms with E-state index in [2.05, 4.69) is 15.4 Å². The molecule has 0 saturated heterocycles. The number of thiazole rings is 1.